The molecule has 0 unspecified atom stereocenters. The van der Waals surface area contributed by atoms with Crippen LogP contribution in [-0.2, 0) is 4.79 Å². The Morgan fingerprint density at radius 3 is 2.81 bits per heavy atom. The van der Waals surface area contributed by atoms with Crippen molar-refractivity contribution in [1.29, 1.82) is 0 Å². The van der Waals surface area contributed by atoms with E-state index in [2.05, 4.69) is 20.3 Å². The standard InChI is InChI=1S/C14H20N6O/c1-4-20(7-12(21)18-9(2)3)14-10-5-6-11(15)19-13(10)16-8-17-14/h5-6,8-9H,4,7H2,1-3H3,(H,18,21)(H2,15,16,17,19). The minimum Gasteiger partial charge on any atom is -0.384 e. The fourth-order valence-corrected chi connectivity index (χ4v) is 2.07. The molecule has 0 spiro atoms. The molecule has 7 heteroatoms. The van der Waals surface area contributed by atoms with Crippen LogP contribution >= 0.6 is 0 Å². The highest BCUT2D eigenvalue weighted by Crippen LogP contribution is 2.22. The van der Waals surface area contributed by atoms with Crippen molar-refractivity contribution in [3.05, 3.63) is 18.5 Å². The molecule has 0 saturated heterocycles. The van der Waals surface area contributed by atoms with Crippen molar-refractivity contribution in [2.45, 2.75) is 26.8 Å². The van der Waals surface area contributed by atoms with Crippen LogP contribution in [-0.4, -0.2) is 40.0 Å². The first-order valence-electron chi connectivity index (χ1n) is 6.92. The first-order valence-corrected chi connectivity index (χ1v) is 6.92. The maximum absolute atomic E-state index is 12.0. The average molecular weight is 288 g/mol. The molecule has 0 bridgehead atoms. The molecule has 3 N–H and O–H groups in total. The first-order chi connectivity index (χ1) is 10.0. The number of aromatic nitrogens is 3. The molecule has 0 aliphatic heterocycles. The highest BCUT2D eigenvalue weighted by atomic mass is 16.2. The normalized spacial score (nSPS) is 10.9. The fourth-order valence-electron chi connectivity index (χ4n) is 2.07. The summed E-state index contributed by atoms with van der Waals surface area (Å²) in [4.78, 5) is 26.4. The molecule has 0 atom stereocenters. The largest absolute Gasteiger partial charge is 0.384 e. The Bertz CT molecular complexity index is 642. The Hall–Kier alpha value is -2.44. The minimum absolute atomic E-state index is 0.0398. The minimum atomic E-state index is -0.0398. The van der Waals surface area contributed by atoms with E-state index in [-0.39, 0.29) is 18.5 Å². The number of rotatable bonds is 5. The van der Waals surface area contributed by atoms with Crippen LogP contribution in [0, 0.1) is 0 Å². The summed E-state index contributed by atoms with van der Waals surface area (Å²) in [6.07, 6.45) is 1.44. The molecule has 2 aromatic rings. The van der Waals surface area contributed by atoms with Crippen LogP contribution in [0.15, 0.2) is 18.5 Å². The molecule has 7 nitrogen and oxygen atoms in total. The third kappa shape index (κ3) is 3.56. The molecule has 1 amide bonds. The van der Waals surface area contributed by atoms with E-state index >= 15 is 0 Å². The number of carbonyl (C=O) groups is 1. The number of anilines is 2. The van der Waals surface area contributed by atoms with Gasteiger partial charge in [0.15, 0.2) is 5.65 Å². The number of hydrogen-bond acceptors (Lipinski definition) is 6. The summed E-state index contributed by atoms with van der Waals surface area (Å²) in [5, 5.41) is 3.66. The van der Waals surface area contributed by atoms with E-state index in [0.717, 1.165) is 5.39 Å². The van der Waals surface area contributed by atoms with Crippen LogP contribution in [0.2, 0.25) is 0 Å². The van der Waals surface area contributed by atoms with Gasteiger partial charge in [0.1, 0.15) is 18.0 Å². The monoisotopic (exact) mass is 288 g/mol. The average Bonchev–Trinajstić information content (AvgIpc) is 2.43. The number of likely N-dealkylation sites (N-methyl/N-ethyl adjacent to an activating group) is 1. The highest BCUT2D eigenvalue weighted by Gasteiger charge is 2.15. The van der Waals surface area contributed by atoms with Gasteiger partial charge < -0.3 is 16.0 Å². The Labute approximate surface area is 123 Å². The van der Waals surface area contributed by atoms with Gasteiger partial charge in [0, 0.05) is 12.6 Å². The van der Waals surface area contributed by atoms with Gasteiger partial charge in [-0.15, -0.1) is 0 Å². The lowest BCUT2D eigenvalue weighted by Gasteiger charge is -2.23. The maximum atomic E-state index is 12.0. The van der Waals surface area contributed by atoms with Gasteiger partial charge in [-0.2, -0.15) is 0 Å². The third-order valence-electron chi connectivity index (χ3n) is 2.96. The second-order valence-electron chi connectivity index (χ2n) is 5.04. The van der Waals surface area contributed by atoms with Gasteiger partial charge in [-0.05, 0) is 32.9 Å². The van der Waals surface area contributed by atoms with Crippen molar-refractivity contribution in [2.75, 3.05) is 23.7 Å². The fraction of sp³-hybridized carbons (Fsp3) is 0.429. The number of fused-ring (bicyclic) bond motifs is 1. The molecule has 0 aliphatic carbocycles. The molecule has 0 radical (unpaired) electrons. The number of nitrogens with zero attached hydrogens (tertiary/aromatic N) is 4. The Morgan fingerprint density at radius 2 is 2.14 bits per heavy atom. The highest BCUT2D eigenvalue weighted by molar-refractivity contribution is 5.90. The zero-order valence-corrected chi connectivity index (χ0v) is 12.5. The molecule has 0 aliphatic rings. The predicted octanol–water partition coefficient (Wildman–Crippen LogP) is 0.958. The summed E-state index contributed by atoms with van der Waals surface area (Å²) in [7, 11) is 0. The molecular weight excluding hydrogens is 268 g/mol. The van der Waals surface area contributed by atoms with E-state index in [1.54, 1.807) is 6.07 Å². The van der Waals surface area contributed by atoms with Gasteiger partial charge >= 0.3 is 0 Å². The van der Waals surface area contributed by atoms with Gasteiger partial charge in [0.05, 0.1) is 11.9 Å². The lowest BCUT2D eigenvalue weighted by Crippen LogP contribution is -2.40. The smallest absolute Gasteiger partial charge is 0.239 e. The lowest BCUT2D eigenvalue weighted by molar-refractivity contribution is -0.120. The van der Waals surface area contributed by atoms with Crippen LogP contribution in [0.1, 0.15) is 20.8 Å². The van der Waals surface area contributed by atoms with Crippen molar-refractivity contribution in [2.24, 2.45) is 0 Å². The molecule has 2 aromatic heterocycles. The zero-order valence-electron chi connectivity index (χ0n) is 12.5. The van der Waals surface area contributed by atoms with Crippen LogP contribution < -0.4 is 16.0 Å². The number of carbonyl (C=O) groups excluding carboxylic acids is 1. The van der Waals surface area contributed by atoms with Crippen molar-refractivity contribution < 1.29 is 4.79 Å². The molecule has 0 aromatic carbocycles. The van der Waals surface area contributed by atoms with Crippen LogP contribution in [0.5, 0.6) is 0 Å². The quantitative estimate of drug-likeness (QED) is 0.850. The van der Waals surface area contributed by atoms with Crippen molar-refractivity contribution in [3.63, 3.8) is 0 Å². The summed E-state index contributed by atoms with van der Waals surface area (Å²) in [6, 6.07) is 3.65. The number of hydrogen-bond donors (Lipinski definition) is 2. The van der Waals surface area contributed by atoms with E-state index in [0.29, 0.717) is 23.8 Å². The van der Waals surface area contributed by atoms with E-state index in [1.165, 1.54) is 6.33 Å². The summed E-state index contributed by atoms with van der Waals surface area (Å²) >= 11 is 0. The predicted molar refractivity (Wildman–Crippen MR) is 82.9 cm³/mol. The summed E-state index contributed by atoms with van der Waals surface area (Å²) in [6.45, 7) is 6.73. The summed E-state index contributed by atoms with van der Waals surface area (Å²) < 4.78 is 0. The van der Waals surface area contributed by atoms with Gasteiger partial charge in [0.25, 0.3) is 0 Å². The van der Waals surface area contributed by atoms with Gasteiger partial charge in [0.2, 0.25) is 5.91 Å². The van der Waals surface area contributed by atoms with E-state index in [1.807, 2.05) is 31.7 Å². The topological polar surface area (TPSA) is 97.0 Å². The number of amides is 1. The third-order valence-corrected chi connectivity index (χ3v) is 2.96. The van der Waals surface area contributed by atoms with Gasteiger partial charge in [-0.3, -0.25) is 4.79 Å². The van der Waals surface area contributed by atoms with Crippen LogP contribution in [0.25, 0.3) is 11.0 Å². The van der Waals surface area contributed by atoms with E-state index in [9.17, 15) is 4.79 Å². The zero-order chi connectivity index (χ0) is 15.4. The summed E-state index contributed by atoms with van der Waals surface area (Å²) in [5.41, 5.74) is 6.20. The number of nitrogen functional groups attached to an aromatic ring is 1. The van der Waals surface area contributed by atoms with Gasteiger partial charge in [-0.1, -0.05) is 0 Å². The maximum Gasteiger partial charge on any atom is 0.239 e. The SMILES string of the molecule is CCN(CC(=O)NC(C)C)c1ncnc2nc(N)ccc12. The van der Waals surface area contributed by atoms with E-state index < -0.39 is 0 Å². The molecule has 2 rings (SSSR count). The van der Waals surface area contributed by atoms with Crippen molar-refractivity contribution in [3.8, 4) is 0 Å². The Balaban J connectivity index is 2.32. The molecule has 2 heterocycles. The first kappa shape index (κ1) is 15.0. The van der Waals surface area contributed by atoms with Crippen LogP contribution in [0.3, 0.4) is 0 Å². The molecule has 21 heavy (non-hydrogen) atoms. The molecule has 0 saturated carbocycles. The molecular formula is C14H20N6O. The number of pyridine rings is 1. The number of nitrogens with two attached hydrogens (primary N) is 1. The molecule has 0 fully saturated rings. The van der Waals surface area contributed by atoms with E-state index in [4.69, 9.17) is 5.73 Å². The Kier molecular flexibility index (Phi) is 4.52. The second kappa shape index (κ2) is 6.34. The van der Waals surface area contributed by atoms with Crippen molar-refractivity contribution in [1.82, 2.24) is 20.3 Å². The molecule has 112 valence electrons. The Morgan fingerprint density at radius 1 is 1.38 bits per heavy atom. The number of nitrogens with one attached hydrogen (secondary N) is 1. The van der Waals surface area contributed by atoms with Gasteiger partial charge in [-0.25, -0.2) is 15.0 Å². The second-order valence-corrected chi connectivity index (χ2v) is 5.04. The lowest BCUT2D eigenvalue weighted by atomic mass is 10.2. The summed E-state index contributed by atoms with van der Waals surface area (Å²) in [5.74, 6) is 1.06. The van der Waals surface area contributed by atoms with Crippen molar-refractivity contribution >= 4 is 28.6 Å². The van der Waals surface area contributed by atoms with Crippen LogP contribution in [0.4, 0.5) is 11.6 Å².